The molecule has 9 heteroatoms. The molecule has 2 aromatic carbocycles. The van der Waals surface area contributed by atoms with Crippen LogP contribution in [0.2, 0.25) is 0 Å². The fourth-order valence-electron chi connectivity index (χ4n) is 3.11. The third-order valence-electron chi connectivity index (χ3n) is 5.06. The van der Waals surface area contributed by atoms with Gasteiger partial charge in [-0.25, -0.2) is 4.98 Å². The van der Waals surface area contributed by atoms with Crippen molar-refractivity contribution < 1.29 is 9.47 Å². The number of hydrogen-bond acceptors (Lipinski definition) is 5. The molecule has 0 unspecified atom stereocenters. The molecule has 0 aliphatic rings. The van der Waals surface area contributed by atoms with E-state index in [-0.39, 0.29) is 11.7 Å². The van der Waals surface area contributed by atoms with Gasteiger partial charge in [0.1, 0.15) is 5.82 Å². The fraction of sp³-hybridized carbons (Fsp3) is 0.375. The molecule has 0 aliphatic heterocycles. The summed E-state index contributed by atoms with van der Waals surface area (Å²) in [6.07, 6.45) is 2.50. The molecule has 0 radical (unpaired) electrons. The van der Waals surface area contributed by atoms with Gasteiger partial charge in [0.15, 0.2) is 11.5 Å². The number of rotatable bonds is 6. The van der Waals surface area contributed by atoms with Crippen molar-refractivity contribution in [2.24, 2.45) is 5.10 Å². The lowest BCUT2D eigenvalue weighted by Gasteiger charge is -2.21. The van der Waals surface area contributed by atoms with Gasteiger partial charge in [0, 0.05) is 19.9 Å². The van der Waals surface area contributed by atoms with Crippen molar-refractivity contribution in [3.05, 3.63) is 59.4 Å². The predicted molar refractivity (Wildman–Crippen MR) is 144 cm³/mol. The van der Waals surface area contributed by atoms with Crippen molar-refractivity contribution in [2.75, 3.05) is 7.11 Å². The van der Waals surface area contributed by atoms with Gasteiger partial charge in [0.2, 0.25) is 0 Å². The Hall–Kier alpha value is -1.71. The van der Waals surface area contributed by atoms with Crippen LogP contribution in [0.25, 0.3) is 10.9 Å². The van der Waals surface area contributed by atoms with Crippen LogP contribution in [0.3, 0.4) is 0 Å². The topological polar surface area (TPSA) is 65.7 Å². The molecule has 0 amide bonds. The molecule has 1 atom stereocenters. The Kier molecular flexibility index (Phi) is 8.07. The molecule has 6 nitrogen and oxygen atoms in total. The van der Waals surface area contributed by atoms with Gasteiger partial charge in [-0.15, -0.1) is 0 Å². The molecule has 0 bridgehead atoms. The van der Waals surface area contributed by atoms with Crippen LogP contribution in [0.4, 0.5) is 0 Å². The zero-order valence-electron chi connectivity index (χ0n) is 19.4. The van der Waals surface area contributed by atoms with E-state index in [1.807, 2.05) is 45.9 Å². The molecule has 0 saturated carbocycles. The highest BCUT2D eigenvalue weighted by molar-refractivity contribution is 9.13. The second-order valence-corrected chi connectivity index (χ2v) is 11.2. The molecule has 33 heavy (non-hydrogen) atoms. The standard InChI is InChI=1S/C24H26Br3N3O3/c1-7-13(2)33-21-18(32-6)10-14(19(26)20(21)27)12-28-30-22(31)16-11-15(25)8-9-17(16)29-23(30)24(3,4)5/h8-13H,7H2,1-6H3/t13-/m0/s1. The van der Waals surface area contributed by atoms with Crippen molar-refractivity contribution >= 4 is 64.9 Å². The Balaban J connectivity index is 2.19. The van der Waals surface area contributed by atoms with Crippen molar-refractivity contribution in [1.29, 1.82) is 0 Å². The Morgan fingerprint density at radius 2 is 1.88 bits per heavy atom. The van der Waals surface area contributed by atoms with Crippen molar-refractivity contribution in [3.8, 4) is 11.5 Å². The molecule has 0 spiro atoms. The molecule has 0 aliphatic carbocycles. The summed E-state index contributed by atoms with van der Waals surface area (Å²) in [7, 11) is 1.59. The van der Waals surface area contributed by atoms with E-state index in [2.05, 4.69) is 59.8 Å². The van der Waals surface area contributed by atoms with Gasteiger partial charge in [-0.05, 0) is 69.5 Å². The lowest BCUT2D eigenvalue weighted by Crippen LogP contribution is -2.29. The quantitative estimate of drug-likeness (QED) is 0.270. The van der Waals surface area contributed by atoms with Crippen LogP contribution in [0.15, 0.2) is 47.6 Å². The van der Waals surface area contributed by atoms with Crippen LogP contribution in [0.5, 0.6) is 11.5 Å². The maximum Gasteiger partial charge on any atom is 0.282 e. The summed E-state index contributed by atoms with van der Waals surface area (Å²) in [5.74, 6) is 1.74. The summed E-state index contributed by atoms with van der Waals surface area (Å²) in [5, 5.41) is 5.05. The van der Waals surface area contributed by atoms with E-state index in [1.165, 1.54) is 4.68 Å². The van der Waals surface area contributed by atoms with Gasteiger partial charge in [0.25, 0.3) is 5.56 Å². The number of halogens is 3. The van der Waals surface area contributed by atoms with E-state index in [4.69, 9.17) is 14.5 Å². The summed E-state index contributed by atoms with van der Waals surface area (Å²) >= 11 is 10.7. The van der Waals surface area contributed by atoms with E-state index < -0.39 is 5.41 Å². The molecule has 3 rings (SSSR count). The molecule has 0 fully saturated rings. The Bertz CT molecular complexity index is 1280. The van der Waals surface area contributed by atoms with Crippen LogP contribution in [-0.2, 0) is 5.41 Å². The smallest absolute Gasteiger partial charge is 0.282 e. The maximum atomic E-state index is 13.4. The zero-order chi connectivity index (χ0) is 24.5. The predicted octanol–water partition coefficient (Wildman–Crippen LogP) is 7.05. The van der Waals surface area contributed by atoms with Crippen LogP contribution in [0, 0.1) is 0 Å². The summed E-state index contributed by atoms with van der Waals surface area (Å²) < 4.78 is 15.2. The van der Waals surface area contributed by atoms with Gasteiger partial charge in [-0.1, -0.05) is 43.6 Å². The molecule has 176 valence electrons. The molecular weight excluding hydrogens is 618 g/mol. The van der Waals surface area contributed by atoms with E-state index in [0.717, 1.165) is 20.9 Å². The summed E-state index contributed by atoms with van der Waals surface area (Å²) in [6.45, 7) is 10.1. The first-order valence-corrected chi connectivity index (χ1v) is 12.9. The minimum atomic E-state index is -0.402. The molecule has 1 heterocycles. The van der Waals surface area contributed by atoms with Crippen LogP contribution in [-0.4, -0.2) is 29.1 Å². The van der Waals surface area contributed by atoms with Crippen molar-refractivity contribution in [3.63, 3.8) is 0 Å². The Labute approximate surface area is 218 Å². The fourth-order valence-corrected chi connectivity index (χ4v) is 4.38. The van der Waals surface area contributed by atoms with E-state index in [9.17, 15) is 4.79 Å². The van der Waals surface area contributed by atoms with Gasteiger partial charge in [-0.2, -0.15) is 9.78 Å². The zero-order valence-corrected chi connectivity index (χ0v) is 24.1. The molecular formula is C24H26Br3N3O3. The minimum Gasteiger partial charge on any atom is -0.493 e. The molecule has 3 aromatic rings. The number of methoxy groups -OCH3 is 1. The lowest BCUT2D eigenvalue weighted by atomic mass is 9.95. The van der Waals surface area contributed by atoms with Gasteiger partial charge < -0.3 is 9.47 Å². The average molecular weight is 644 g/mol. The third-order valence-corrected chi connectivity index (χ3v) is 7.70. The van der Waals surface area contributed by atoms with E-state index in [1.54, 1.807) is 19.4 Å². The highest BCUT2D eigenvalue weighted by atomic mass is 79.9. The second kappa shape index (κ2) is 10.3. The summed E-state index contributed by atoms with van der Waals surface area (Å²) in [5.41, 5.74) is 0.718. The maximum absolute atomic E-state index is 13.4. The highest BCUT2D eigenvalue weighted by Gasteiger charge is 2.23. The number of hydrogen-bond donors (Lipinski definition) is 0. The average Bonchev–Trinajstić information content (AvgIpc) is 2.76. The lowest BCUT2D eigenvalue weighted by molar-refractivity contribution is 0.206. The van der Waals surface area contributed by atoms with E-state index in [0.29, 0.717) is 32.7 Å². The van der Waals surface area contributed by atoms with E-state index >= 15 is 0 Å². The van der Waals surface area contributed by atoms with Crippen LogP contribution in [0.1, 0.15) is 52.4 Å². The van der Waals surface area contributed by atoms with Gasteiger partial charge >= 0.3 is 0 Å². The first-order chi connectivity index (χ1) is 15.5. The third kappa shape index (κ3) is 5.52. The SMILES string of the molecule is CC[C@H](C)Oc1c(OC)cc(C=Nn2c(C(C)(C)C)nc3ccc(Br)cc3c2=O)c(Br)c1Br. The number of nitrogens with zero attached hydrogens (tertiary/aromatic N) is 3. The highest BCUT2D eigenvalue weighted by Crippen LogP contribution is 2.43. The van der Waals surface area contributed by atoms with Crippen LogP contribution < -0.4 is 15.0 Å². The number of ether oxygens (including phenoxy) is 2. The van der Waals surface area contributed by atoms with Crippen LogP contribution >= 0.6 is 47.8 Å². The summed E-state index contributed by atoms with van der Waals surface area (Å²) in [4.78, 5) is 18.1. The monoisotopic (exact) mass is 641 g/mol. The molecule has 0 N–H and O–H groups in total. The number of aromatic nitrogens is 2. The summed E-state index contributed by atoms with van der Waals surface area (Å²) in [6, 6.07) is 7.29. The first-order valence-electron chi connectivity index (χ1n) is 10.5. The van der Waals surface area contributed by atoms with Gasteiger partial charge in [-0.3, -0.25) is 4.79 Å². The second-order valence-electron chi connectivity index (χ2n) is 8.67. The van der Waals surface area contributed by atoms with Gasteiger partial charge in [0.05, 0.1) is 34.8 Å². The largest absolute Gasteiger partial charge is 0.493 e. The number of fused-ring (bicyclic) bond motifs is 1. The minimum absolute atomic E-state index is 0.0255. The Morgan fingerprint density at radius 1 is 1.18 bits per heavy atom. The normalized spacial score (nSPS) is 13.0. The molecule has 0 saturated heterocycles. The first kappa shape index (κ1) is 25.9. The Morgan fingerprint density at radius 3 is 2.48 bits per heavy atom. The number of benzene rings is 2. The van der Waals surface area contributed by atoms with Crippen molar-refractivity contribution in [1.82, 2.24) is 9.66 Å². The molecule has 1 aromatic heterocycles. The van der Waals surface area contributed by atoms with Crippen molar-refractivity contribution in [2.45, 2.75) is 52.6 Å².